The van der Waals surface area contributed by atoms with E-state index in [2.05, 4.69) is 0 Å². The molecule has 13 heteroatoms. The van der Waals surface area contributed by atoms with E-state index in [0.29, 0.717) is 0 Å². The van der Waals surface area contributed by atoms with Gasteiger partial charge in [-0.2, -0.15) is 0 Å². The Morgan fingerprint density at radius 3 is 2.49 bits per heavy atom. The first-order valence-electron chi connectivity index (χ1n) is 11.0. The van der Waals surface area contributed by atoms with E-state index >= 15 is 0 Å². The number of aliphatic hydroxyl groups excluding tert-OH is 5. The third-order valence-electron chi connectivity index (χ3n) is 7.05. The fourth-order valence-electron chi connectivity index (χ4n) is 5.13. The number of epoxide rings is 1. The molecule has 13 nitrogen and oxygen atoms in total. The lowest BCUT2D eigenvalue weighted by molar-refractivity contribution is -0.344. The molecule has 0 bridgehead atoms. The number of ether oxygens (including phenoxy) is 5. The van der Waals surface area contributed by atoms with Crippen LogP contribution in [0.15, 0.2) is 30.5 Å². The number of hydrogen-bond donors (Lipinski definition) is 7. The number of phenolic OH excluding ortho intramolecular Hbond substituents is 2. The highest BCUT2D eigenvalue weighted by Gasteiger charge is 2.77. The van der Waals surface area contributed by atoms with E-state index < -0.39 is 97.3 Å². The second-order valence-electron chi connectivity index (χ2n) is 8.99. The molecule has 1 aromatic rings. The molecule has 35 heavy (non-hydrogen) atoms. The minimum Gasteiger partial charge on any atom is -0.504 e. The Morgan fingerprint density at radius 1 is 1.03 bits per heavy atom. The third kappa shape index (κ3) is 3.84. The summed E-state index contributed by atoms with van der Waals surface area (Å²) >= 11 is 0. The zero-order chi connectivity index (χ0) is 25.1. The highest BCUT2D eigenvalue weighted by molar-refractivity contribution is 5.90. The molecule has 1 aliphatic carbocycles. The normalized spacial score (nSPS) is 43.7. The van der Waals surface area contributed by atoms with Gasteiger partial charge >= 0.3 is 5.97 Å². The molecule has 4 aliphatic rings. The monoisotopic (exact) mass is 498 g/mol. The molecule has 11 atom stereocenters. The molecular formula is C22H26O13. The minimum atomic E-state index is -1.67. The summed E-state index contributed by atoms with van der Waals surface area (Å²) in [5.41, 5.74) is -1.19. The quantitative estimate of drug-likeness (QED) is 0.125. The molecule has 0 spiro atoms. The van der Waals surface area contributed by atoms with Crippen molar-refractivity contribution in [1.29, 1.82) is 0 Å². The summed E-state index contributed by atoms with van der Waals surface area (Å²) in [6.07, 6.45) is -7.39. The van der Waals surface area contributed by atoms with Crippen LogP contribution in [0.1, 0.15) is 10.4 Å². The van der Waals surface area contributed by atoms with E-state index in [1.54, 1.807) is 6.08 Å². The zero-order valence-corrected chi connectivity index (χ0v) is 18.2. The van der Waals surface area contributed by atoms with Crippen molar-refractivity contribution in [3.63, 3.8) is 0 Å². The number of phenols is 2. The molecule has 192 valence electrons. The largest absolute Gasteiger partial charge is 0.504 e. The van der Waals surface area contributed by atoms with Crippen molar-refractivity contribution in [3.8, 4) is 11.5 Å². The number of rotatable bonds is 6. The fourth-order valence-corrected chi connectivity index (χ4v) is 5.13. The van der Waals surface area contributed by atoms with Crippen molar-refractivity contribution >= 4 is 5.97 Å². The number of aliphatic hydroxyl groups is 5. The van der Waals surface area contributed by atoms with Crippen LogP contribution >= 0.6 is 0 Å². The van der Waals surface area contributed by atoms with Crippen LogP contribution < -0.4 is 0 Å². The van der Waals surface area contributed by atoms with Crippen molar-refractivity contribution in [1.82, 2.24) is 0 Å². The first-order valence-corrected chi connectivity index (χ1v) is 11.0. The van der Waals surface area contributed by atoms with Gasteiger partial charge in [0.25, 0.3) is 0 Å². The van der Waals surface area contributed by atoms with Gasteiger partial charge in [0.15, 0.2) is 17.8 Å². The number of fused-ring (bicyclic) bond motifs is 3. The molecule has 2 saturated heterocycles. The Hall–Kier alpha value is -2.49. The number of carbonyl (C=O) groups is 1. The number of esters is 1. The lowest BCUT2D eigenvalue weighted by Gasteiger charge is -2.43. The van der Waals surface area contributed by atoms with Crippen LogP contribution in [0.5, 0.6) is 11.5 Å². The first kappa shape index (κ1) is 24.2. The lowest BCUT2D eigenvalue weighted by atomic mass is 9.85. The highest BCUT2D eigenvalue weighted by Crippen LogP contribution is 2.60. The second kappa shape index (κ2) is 8.87. The van der Waals surface area contributed by atoms with Crippen LogP contribution in [0.3, 0.4) is 0 Å². The predicted molar refractivity (Wildman–Crippen MR) is 110 cm³/mol. The fraction of sp³-hybridized carbons (Fsp3) is 0.591. The van der Waals surface area contributed by atoms with Crippen LogP contribution in [-0.2, 0) is 23.7 Å². The number of benzene rings is 1. The number of hydrogen-bond acceptors (Lipinski definition) is 13. The Morgan fingerprint density at radius 2 is 1.80 bits per heavy atom. The molecule has 3 aliphatic heterocycles. The second-order valence-corrected chi connectivity index (χ2v) is 8.99. The SMILES string of the molecule is O=C(O[C@@H]1[C@H]2C=CO[C@H](O[C@H]3O[C@@H](CO)[C@H](O)[C@@H](O)[C@@H]3O)[C@H]2[C@]2(CO)O[C@H]12)c1ccc(O)c(O)c1. The molecule has 3 fully saturated rings. The van der Waals surface area contributed by atoms with Crippen molar-refractivity contribution < 1.29 is 64.2 Å². The summed E-state index contributed by atoms with van der Waals surface area (Å²) in [6, 6.07) is 3.48. The molecule has 1 saturated carbocycles. The Balaban J connectivity index is 1.35. The molecule has 5 rings (SSSR count). The molecular weight excluding hydrogens is 472 g/mol. The van der Waals surface area contributed by atoms with Crippen molar-refractivity contribution in [2.75, 3.05) is 13.2 Å². The van der Waals surface area contributed by atoms with Gasteiger partial charge in [-0.25, -0.2) is 4.79 Å². The van der Waals surface area contributed by atoms with E-state index in [1.165, 1.54) is 12.3 Å². The zero-order valence-electron chi connectivity index (χ0n) is 18.2. The Bertz CT molecular complexity index is 998. The lowest BCUT2D eigenvalue weighted by Crippen LogP contribution is -2.60. The van der Waals surface area contributed by atoms with Crippen molar-refractivity contribution in [2.45, 2.75) is 54.8 Å². The molecule has 1 aromatic carbocycles. The van der Waals surface area contributed by atoms with Gasteiger partial charge in [0.1, 0.15) is 42.2 Å². The predicted octanol–water partition coefficient (Wildman–Crippen LogP) is -2.31. The van der Waals surface area contributed by atoms with Gasteiger partial charge < -0.3 is 59.4 Å². The highest BCUT2D eigenvalue weighted by atomic mass is 16.8. The summed E-state index contributed by atoms with van der Waals surface area (Å²) in [7, 11) is 0. The van der Waals surface area contributed by atoms with Crippen molar-refractivity contribution in [3.05, 3.63) is 36.1 Å². The van der Waals surface area contributed by atoms with Gasteiger partial charge in [0.2, 0.25) is 6.29 Å². The van der Waals surface area contributed by atoms with Crippen molar-refractivity contribution in [2.24, 2.45) is 11.8 Å². The van der Waals surface area contributed by atoms with Gasteiger partial charge in [-0.3, -0.25) is 0 Å². The van der Waals surface area contributed by atoms with Crippen LogP contribution in [0.4, 0.5) is 0 Å². The van der Waals surface area contributed by atoms with Crippen LogP contribution in [0.2, 0.25) is 0 Å². The molecule has 3 heterocycles. The number of aromatic hydroxyl groups is 2. The average molecular weight is 498 g/mol. The maximum Gasteiger partial charge on any atom is 0.338 e. The molecule has 0 unspecified atom stereocenters. The maximum atomic E-state index is 12.7. The van der Waals surface area contributed by atoms with Gasteiger partial charge in [-0.15, -0.1) is 0 Å². The molecule has 0 aromatic heterocycles. The van der Waals surface area contributed by atoms with Gasteiger partial charge in [-0.1, -0.05) is 0 Å². The summed E-state index contributed by atoms with van der Waals surface area (Å²) < 4.78 is 28.1. The van der Waals surface area contributed by atoms with E-state index in [-0.39, 0.29) is 5.56 Å². The minimum absolute atomic E-state index is 0.0100. The standard InChI is InChI=1S/C22H26O13/c23-6-12-14(27)15(28)16(29)21(32-12)34-20-13-9(3-4-31-20)17(18-22(13,7-24)35-18)33-19(30)8-1-2-10(25)11(26)5-8/h1-5,9,12-18,20-21,23-29H,6-7H2/t9-,12-,13-,14-,15+,16-,17+,18+,20+,21+,22-/m0/s1. The van der Waals surface area contributed by atoms with Gasteiger partial charge in [-0.05, 0) is 24.3 Å². The smallest absolute Gasteiger partial charge is 0.338 e. The molecule has 7 N–H and O–H groups in total. The Labute approximate surface area is 198 Å². The van der Waals surface area contributed by atoms with Gasteiger partial charge in [0, 0.05) is 5.92 Å². The van der Waals surface area contributed by atoms with E-state index in [1.807, 2.05) is 0 Å². The maximum absolute atomic E-state index is 12.7. The van der Waals surface area contributed by atoms with E-state index in [0.717, 1.165) is 12.1 Å². The number of carbonyl (C=O) groups excluding carboxylic acids is 1. The van der Waals surface area contributed by atoms with Gasteiger partial charge in [0.05, 0.1) is 31.0 Å². The van der Waals surface area contributed by atoms with Crippen LogP contribution in [0.25, 0.3) is 0 Å². The van der Waals surface area contributed by atoms with E-state index in [9.17, 15) is 40.5 Å². The molecule has 0 radical (unpaired) electrons. The summed E-state index contributed by atoms with van der Waals surface area (Å²) in [4.78, 5) is 12.7. The molecule has 0 amide bonds. The topological polar surface area (TPSA) is 208 Å². The third-order valence-corrected chi connectivity index (χ3v) is 7.05. The first-order chi connectivity index (χ1) is 16.7. The summed E-state index contributed by atoms with van der Waals surface area (Å²) in [5, 5.41) is 69.0. The summed E-state index contributed by atoms with van der Waals surface area (Å²) in [6.45, 7) is -1.10. The van der Waals surface area contributed by atoms with Crippen LogP contribution in [-0.4, -0.2) is 110 Å². The summed E-state index contributed by atoms with van der Waals surface area (Å²) in [5.74, 6) is -2.94. The van der Waals surface area contributed by atoms with E-state index in [4.69, 9.17) is 23.7 Å². The van der Waals surface area contributed by atoms with Crippen LogP contribution in [0, 0.1) is 11.8 Å². The Kier molecular flexibility index (Phi) is 6.14. The average Bonchev–Trinajstić information content (AvgIpc) is 3.53.